The number of benzene rings is 1. The summed E-state index contributed by atoms with van der Waals surface area (Å²) < 4.78 is -0.544. The molecule has 0 radical (unpaired) electrons. The smallest absolute Gasteiger partial charge is 0.273 e. The van der Waals surface area contributed by atoms with Gasteiger partial charge in [-0.3, -0.25) is 14.5 Å². The van der Waals surface area contributed by atoms with E-state index in [1.165, 1.54) is 16.7 Å². The van der Waals surface area contributed by atoms with Crippen LogP contribution < -0.4 is 0 Å². The minimum atomic E-state index is -0.544. The minimum Gasteiger partial charge on any atom is -0.273 e. The van der Waals surface area contributed by atoms with E-state index < -0.39 is 4.75 Å². The molecule has 1 saturated heterocycles. The Labute approximate surface area is 122 Å². The van der Waals surface area contributed by atoms with Crippen molar-refractivity contribution in [3.8, 4) is 0 Å². The van der Waals surface area contributed by atoms with Gasteiger partial charge in [0.15, 0.2) is 0 Å². The normalized spacial score (nSPS) is 20.7. The summed E-state index contributed by atoms with van der Waals surface area (Å²) in [7, 11) is 0. The fraction of sp³-hybridized carbons (Fsp3) is 0.250. The van der Waals surface area contributed by atoms with Gasteiger partial charge in [-0.25, -0.2) is 0 Å². The number of rotatable bonds is 3. The molecular formula is C16H15NO2S. The van der Waals surface area contributed by atoms with Crippen molar-refractivity contribution in [2.45, 2.75) is 17.6 Å². The number of nitrogens with zero attached hydrogens (tertiary/aromatic N) is 1. The maximum absolute atomic E-state index is 12.4. The first-order chi connectivity index (χ1) is 9.71. The molecule has 0 aromatic heterocycles. The van der Waals surface area contributed by atoms with Gasteiger partial charge in [-0.05, 0) is 30.2 Å². The monoisotopic (exact) mass is 285 g/mol. The van der Waals surface area contributed by atoms with Crippen molar-refractivity contribution in [2.24, 2.45) is 0 Å². The molecule has 20 heavy (non-hydrogen) atoms. The van der Waals surface area contributed by atoms with Crippen LogP contribution in [-0.4, -0.2) is 27.3 Å². The first kappa shape index (κ1) is 13.2. The molecule has 1 aromatic carbocycles. The SMILES string of the molecule is O=C1SC2(CC=CC2)C(=O)N1C/C=C/c1ccccc1. The zero-order valence-electron chi connectivity index (χ0n) is 11.0. The van der Waals surface area contributed by atoms with Crippen LogP contribution in [0.15, 0.2) is 48.6 Å². The van der Waals surface area contributed by atoms with Gasteiger partial charge in [-0.1, -0.05) is 54.6 Å². The van der Waals surface area contributed by atoms with Crippen LogP contribution in [0.5, 0.6) is 0 Å². The third-order valence-corrected chi connectivity index (χ3v) is 4.89. The first-order valence-electron chi connectivity index (χ1n) is 6.63. The van der Waals surface area contributed by atoms with E-state index in [-0.39, 0.29) is 11.1 Å². The van der Waals surface area contributed by atoms with E-state index in [0.717, 1.165) is 5.56 Å². The van der Waals surface area contributed by atoms with Crippen LogP contribution in [0.25, 0.3) is 6.08 Å². The number of thioether (sulfide) groups is 1. The van der Waals surface area contributed by atoms with Crippen LogP contribution >= 0.6 is 11.8 Å². The highest BCUT2D eigenvalue weighted by Gasteiger charge is 2.52. The van der Waals surface area contributed by atoms with Gasteiger partial charge in [0.25, 0.3) is 5.24 Å². The molecule has 2 aliphatic rings. The van der Waals surface area contributed by atoms with Crippen molar-refractivity contribution in [2.75, 3.05) is 6.54 Å². The summed E-state index contributed by atoms with van der Waals surface area (Å²) >= 11 is 1.18. The highest BCUT2D eigenvalue weighted by atomic mass is 32.2. The number of carbonyl (C=O) groups excluding carboxylic acids is 2. The van der Waals surface area contributed by atoms with Gasteiger partial charge in [0, 0.05) is 6.54 Å². The van der Waals surface area contributed by atoms with Crippen LogP contribution in [0, 0.1) is 0 Å². The van der Waals surface area contributed by atoms with E-state index >= 15 is 0 Å². The van der Waals surface area contributed by atoms with Gasteiger partial charge >= 0.3 is 0 Å². The molecule has 1 aliphatic heterocycles. The fourth-order valence-electron chi connectivity index (χ4n) is 2.50. The number of imide groups is 1. The van der Waals surface area contributed by atoms with E-state index in [1.54, 1.807) is 0 Å². The van der Waals surface area contributed by atoms with Crippen molar-refractivity contribution in [3.63, 3.8) is 0 Å². The molecule has 0 N–H and O–H groups in total. The lowest BCUT2D eigenvalue weighted by Gasteiger charge is -2.18. The molecule has 1 fully saturated rings. The summed E-state index contributed by atoms with van der Waals surface area (Å²) in [6, 6.07) is 9.85. The van der Waals surface area contributed by atoms with Crippen molar-refractivity contribution in [1.82, 2.24) is 4.90 Å². The Kier molecular flexibility index (Phi) is 3.49. The maximum Gasteiger partial charge on any atom is 0.289 e. The van der Waals surface area contributed by atoms with Crippen LogP contribution in [0.3, 0.4) is 0 Å². The van der Waals surface area contributed by atoms with E-state index in [4.69, 9.17) is 0 Å². The topological polar surface area (TPSA) is 37.4 Å². The molecule has 1 heterocycles. The van der Waals surface area contributed by atoms with Crippen LogP contribution in [-0.2, 0) is 4.79 Å². The van der Waals surface area contributed by atoms with Crippen molar-refractivity contribution in [1.29, 1.82) is 0 Å². The molecular weight excluding hydrogens is 270 g/mol. The number of hydrogen-bond acceptors (Lipinski definition) is 3. The molecule has 1 aromatic rings. The summed E-state index contributed by atoms with van der Waals surface area (Å²) in [5.74, 6) is -0.0461. The zero-order chi connectivity index (χ0) is 14.0. The predicted octanol–water partition coefficient (Wildman–Crippen LogP) is 3.48. The third-order valence-electron chi connectivity index (χ3n) is 3.60. The number of allylic oxidation sites excluding steroid dienone is 2. The molecule has 1 spiro atoms. The Morgan fingerprint density at radius 1 is 1.15 bits per heavy atom. The Balaban J connectivity index is 1.68. The Bertz CT molecular complexity index is 584. The molecule has 0 bridgehead atoms. The van der Waals surface area contributed by atoms with Crippen molar-refractivity contribution >= 4 is 29.0 Å². The summed E-state index contributed by atoms with van der Waals surface area (Å²) in [4.78, 5) is 25.7. The van der Waals surface area contributed by atoms with Gasteiger partial charge in [-0.2, -0.15) is 0 Å². The quantitative estimate of drug-likeness (QED) is 0.798. The predicted molar refractivity (Wildman–Crippen MR) is 81.3 cm³/mol. The minimum absolute atomic E-state index is 0.0461. The number of carbonyl (C=O) groups is 2. The summed E-state index contributed by atoms with van der Waals surface area (Å²) in [6.07, 6.45) is 9.11. The van der Waals surface area contributed by atoms with Gasteiger partial charge < -0.3 is 0 Å². The molecule has 2 amide bonds. The molecule has 1 aliphatic carbocycles. The van der Waals surface area contributed by atoms with Crippen LogP contribution in [0.4, 0.5) is 4.79 Å². The Morgan fingerprint density at radius 2 is 1.85 bits per heavy atom. The van der Waals surface area contributed by atoms with Gasteiger partial charge in [0.1, 0.15) is 4.75 Å². The molecule has 0 unspecified atom stereocenters. The molecule has 102 valence electrons. The Hall–Kier alpha value is -1.81. The largest absolute Gasteiger partial charge is 0.289 e. The fourth-order valence-corrected chi connectivity index (χ4v) is 3.66. The second-order valence-electron chi connectivity index (χ2n) is 4.97. The van der Waals surface area contributed by atoms with Crippen LogP contribution in [0.1, 0.15) is 18.4 Å². The lowest BCUT2D eigenvalue weighted by Crippen LogP contribution is -2.37. The molecule has 0 saturated carbocycles. The lowest BCUT2D eigenvalue weighted by atomic mass is 10.1. The third kappa shape index (κ3) is 2.31. The molecule has 3 nitrogen and oxygen atoms in total. The van der Waals surface area contributed by atoms with Gasteiger partial charge in [0.2, 0.25) is 5.91 Å². The molecule has 0 atom stereocenters. The number of hydrogen-bond donors (Lipinski definition) is 0. The van der Waals surface area contributed by atoms with E-state index in [9.17, 15) is 9.59 Å². The van der Waals surface area contributed by atoms with Gasteiger partial charge in [-0.15, -0.1) is 0 Å². The van der Waals surface area contributed by atoms with Crippen molar-refractivity contribution in [3.05, 3.63) is 54.1 Å². The summed E-state index contributed by atoms with van der Waals surface area (Å²) in [6.45, 7) is 0.349. The van der Waals surface area contributed by atoms with E-state index in [2.05, 4.69) is 0 Å². The van der Waals surface area contributed by atoms with Crippen molar-refractivity contribution < 1.29 is 9.59 Å². The summed E-state index contributed by atoms with van der Waals surface area (Å²) in [5, 5.41) is -0.128. The second kappa shape index (κ2) is 5.29. The average Bonchev–Trinajstić information content (AvgIpc) is 3.01. The highest BCUT2D eigenvalue weighted by molar-refractivity contribution is 8.16. The maximum atomic E-state index is 12.4. The van der Waals surface area contributed by atoms with E-state index in [0.29, 0.717) is 19.4 Å². The summed E-state index contributed by atoms with van der Waals surface area (Å²) in [5.41, 5.74) is 1.07. The molecule has 3 rings (SSSR count). The van der Waals surface area contributed by atoms with Gasteiger partial charge in [0.05, 0.1) is 0 Å². The van der Waals surface area contributed by atoms with E-state index in [1.807, 2.05) is 54.6 Å². The lowest BCUT2D eigenvalue weighted by molar-refractivity contribution is -0.128. The average molecular weight is 285 g/mol. The highest BCUT2D eigenvalue weighted by Crippen LogP contribution is 2.45. The zero-order valence-corrected chi connectivity index (χ0v) is 11.8. The first-order valence-corrected chi connectivity index (χ1v) is 7.44. The standard InChI is InChI=1S/C16H15NO2S/c18-14-16(10-4-5-11-16)20-15(19)17(14)12-6-9-13-7-2-1-3-8-13/h1-9H,10-12H2/b9-6+. The van der Waals surface area contributed by atoms with Crippen LogP contribution in [0.2, 0.25) is 0 Å². The Morgan fingerprint density at radius 3 is 2.55 bits per heavy atom. The molecule has 4 heteroatoms. The number of amides is 2. The second-order valence-corrected chi connectivity index (χ2v) is 6.31.